The number of anilines is 2. The second-order valence-corrected chi connectivity index (χ2v) is 10.8. The van der Waals surface area contributed by atoms with Crippen molar-refractivity contribution in [2.75, 3.05) is 18.4 Å². The van der Waals surface area contributed by atoms with Gasteiger partial charge in [-0.2, -0.15) is 17.9 Å². The van der Waals surface area contributed by atoms with E-state index >= 15 is 0 Å². The Hall–Kier alpha value is -2.80. The summed E-state index contributed by atoms with van der Waals surface area (Å²) in [6, 6.07) is 8.87. The number of aryl methyl sites for hydroxylation is 1. The molecule has 208 valence electrons. The number of piperidine rings is 1. The summed E-state index contributed by atoms with van der Waals surface area (Å²) in [6.07, 6.45) is 8.74. The minimum absolute atomic E-state index is 0. The van der Waals surface area contributed by atoms with Crippen LogP contribution < -0.4 is 5.32 Å². The van der Waals surface area contributed by atoms with E-state index in [1.165, 1.54) is 4.57 Å². The Labute approximate surface area is 263 Å². The quantitative estimate of drug-likeness (QED) is 0.238. The number of aromatic nitrogens is 4. The largest absolute Gasteiger partial charge is 2.00 e. The first kappa shape index (κ1) is 31.7. The number of ether oxygens (including phenoxy) is 1. The van der Waals surface area contributed by atoms with Crippen LogP contribution in [0.2, 0.25) is 5.02 Å². The summed E-state index contributed by atoms with van der Waals surface area (Å²) in [5.74, 6) is 0.468. The van der Waals surface area contributed by atoms with Crippen molar-refractivity contribution in [2.45, 2.75) is 39.2 Å². The third-order valence-corrected chi connectivity index (χ3v) is 6.55. The molecule has 0 saturated carbocycles. The average molecular weight is 787 g/mol. The topological polar surface area (TPSA) is 94.3 Å². The average Bonchev–Trinajstić information content (AvgIpc) is 3.47. The van der Waals surface area contributed by atoms with Gasteiger partial charge in [-0.25, -0.2) is 14.3 Å². The number of hydrogen-bond donors (Lipinski definition) is 1. The van der Waals surface area contributed by atoms with Crippen LogP contribution in [0, 0.1) is 45.0 Å². The Balaban J connectivity index is 0.00000220. The number of likely N-dealkylation sites (tertiary alicyclic amines) is 1. The van der Waals surface area contributed by atoms with Crippen LogP contribution in [0.3, 0.4) is 0 Å². The molecular weight excluding hydrogens is 754 g/mol. The Kier molecular flexibility index (Phi) is 10.2. The zero-order valence-corrected chi connectivity index (χ0v) is 28.3. The molecule has 1 amide bonds. The zero-order valence-electron chi connectivity index (χ0n) is 23.4. The Morgan fingerprint density at radius 1 is 1.10 bits per heavy atom. The number of pyridine rings is 1. The molecule has 1 aromatic carbocycles. The second kappa shape index (κ2) is 12.8. The molecular formula is C29H33ClN6O3U. The molecule has 4 aromatic rings. The monoisotopic (exact) mass is 786 g/mol. The zero-order chi connectivity index (χ0) is 27.0. The van der Waals surface area contributed by atoms with Crippen LogP contribution in [0.25, 0.3) is 22.2 Å². The number of carbonyl (C=O) groups is 2. The van der Waals surface area contributed by atoms with Gasteiger partial charge in [0, 0.05) is 42.0 Å². The van der Waals surface area contributed by atoms with Gasteiger partial charge in [0.15, 0.2) is 0 Å². The summed E-state index contributed by atoms with van der Waals surface area (Å²) < 4.78 is 8.93. The number of nitrogens with one attached hydrogen (secondary N) is 1. The molecule has 1 aliphatic heterocycles. The maximum absolute atomic E-state index is 13.3. The van der Waals surface area contributed by atoms with Crippen LogP contribution in [0.15, 0.2) is 48.9 Å². The molecule has 0 atom stereocenters. The first-order chi connectivity index (χ1) is 18.1. The molecule has 40 heavy (non-hydrogen) atoms. The summed E-state index contributed by atoms with van der Waals surface area (Å²) in [7, 11) is 1.82. The summed E-state index contributed by atoms with van der Waals surface area (Å²) >= 11 is 6.57. The SMILES string of the molecule is Cn1cc(-c2cc3cnc(Nc4ccc(C(=O)N5CC[CH-]CC5)cc4Cl)cc3n2C(=O)OC(C)(C)C)cn1.[CH3-].[U+2]. The fourth-order valence-electron chi connectivity index (χ4n) is 4.46. The molecule has 0 bridgehead atoms. The summed E-state index contributed by atoms with van der Waals surface area (Å²) in [5.41, 5.74) is 2.53. The van der Waals surface area contributed by atoms with Crippen LogP contribution in [0.5, 0.6) is 0 Å². The minimum atomic E-state index is -0.673. The van der Waals surface area contributed by atoms with Crippen LogP contribution in [0.4, 0.5) is 16.3 Å². The molecule has 1 saturated heterocycles. The number of fused-ring (bicyclic) bond motifs is 1. The summed E-state index contributed by atoms with van der Waals surface area (Å²) in [6.45, 7) is 6.93. The number of carbonyl (C=O) groups excluding carboxylic acids is 2. The van der Waals surface area contributed by atoms with E-state index in [0.29, 0.717) is 33.3 Å². The smallest absolute Gasteiger partial charge is 0.443 e. The number of rotatable bonds is 4. The van der Waals surface area contributed by atoms with Crippen molar-refractivity contribution >= 4 is 46.0 Å². The molecule has 3 aromatic heterocycles. The third kappa shape index (κ3) is 6.91. The molecule has 4 heterocycles. The van der Waals surface area contributed by atoms with Crippen LogP contribution in [-0.2, 0) is 11.8 Å². The van der Waals surface area contributed by atoms with Crippen LogP contribution >= 0.6 is 11.6 Å². The molecule has 1 aliphatic rings. The van der Waals surface area contributed by atoms with Crippen molar-refractivity contribution in [3.8, 4) is 11.3 Å². The van der Waals surface area contributed by atoms with E-state index < -0.39 is 11.7 Å². The van der Waals surface area contributed by atoms with E-state index in [0.717, 1.165) is 36.9 Å². The number of nitrogens with zero attached hydrogens (tertiary/aromatic N) is 5. The van der Waals surface area contributed by atoms with Crippen molar-refractivity contribution in [1.82, 2.24) is 24.2 Å². The van der Waals surface area contributed by atoms with Crippen LogP contribution in [0.1, 0.15) is 44.0 Å². The molecule has 9 nitrogen and oxygen atoms in total. The van der Waals surface area contributed by atoms with E-state index in [1.54, 1.807) is 41.3 Å². The molecule has 11 heteroatoms. The van der Waals surface area contributed by atoms with Crippen molar-refractivity contribution < 1.29 is 45.4 Å². The van der Waals surface area contributed by atoms with Gasteiger partial charge in [0.25, 0.3) is 5.91 Å². The number of amides is 1. The standard InChI is InChI=1S/C28H30ClN6O3.CH3.U/c1-28(2,3)38-27(37)35-23(20-16-31-33(4)17-20)13-19-15-30-25(14-24(19)35)32-22-9-8-18(12-21(22)29)26(36)34-10-6-5-7-11-34;;/h5,8-9,12-17H,6-7,10-11H2,1-4H3,(H,30,32);1H3;/q2*-1;+2. The number of halogens is 1. The molecule has 0 unspecified atom stereocenters. The van der Waals surface area contributed by atoms with Gasteiger partial charge in [0.1, 0.15) is 11.4 Å². The van der Waals surface area contributed by atoms with Gasteiger partial charge in [0.2, 0.25) is 0 Å². The molecule has 1 N–H and O–H groups in total. The molecule has 0 aliphatic carbocycles. The maximum Gasteiger partial charge on any atom is 2.00 e. The van der Waals surface area contributed by atoms with Gasteiger partial charge in [-0.3, -0.25) is 9.48 Å². The molecule has 0 spiro atoms. The number of benzene rings is 1. The van der Waals surface area contributed by atoms with E-state index in [-0.39, 0.29) is 44.4 Å². The van der Waals surface area contributed by atoms with Crippen molar-refractivity contribution in [3.63, 3.8) is 0 Å². The van der Waals surface area contributed by atoms with E-state index in [1.807, 2.05) is 45.0 Å². The van der Waals surface area contributed by atoms with Gasteiger partial charge in [0.05, 0.1) is 28.1 Å². The fraction of sp³-hybridized carbons (Fsp3) is 0.310. The predicted molar refractivity (Wildman–Crippen MR) is 154 cm³/mol. The summed E-state index contributed by atoms with van der Waals surface area (Å²) in [4.78, 5) is 32.5. The van der Waals surface area contributed by atoms with Crippen LogP contribution in [-0.4, -0.2) is 54.9 Å². The van der Waals surface area contributed by atoms with Gasteiger partial charge >= 0.3 is 37.2 Å². The van der Waals surface area contributed by atoms with Gasteiger partial charge < -0.3 is 28.8 Å². The first-order valence-corrected chi connectivity index (χ1v) is 12.9. The van der Waals surface area contributed by atoms with E-state index in [9.17, 15) is 9.59 Å². The van der Waals surface area contributed by atoms with Gasteiger partial charge in [-0.05, 0) is 58.1 Å². The van der Waals surface area contributed by atoms with Crippen molar-refractivity contribution in [2.24, 2.45) is 7.05 Å². The second-order valence-electron chi connectivity index (χ2n) is 10.4. The van der Waals surface area contributed by atoms with Gasteiger partial charge in [-0.1, -0.05) is 11.6 Å². The third-order valence-electron chi connectivity index (χ3n) is 6.23. The Bertz CT molecular complexity index is 1520. The first-order valence-electron chi connectivity index (χ1n) is 12.5. The van der Waals surface area contributed by atoms with Gasteiger partial charge in [-0.15, -0.1) is 0 Å². The van der Waals surface area contributed by atoms with E-state index in [4.69, 9.17) is 16.3 Å². The fourth-order valence-corrected chi connectivity index (χ4v) is 4.69. The molecule has 0 radical (unpaired) electrons. The molecule has 5 rings (SSSR count). The maximum atomic E-state index is 13.3. The number of hydrogen-bond acceptors (Lipinski definition) is 6. The van der Waals surface area contributed by atoms with Crippen molar-refractivity contribution in [3.05, 3.63) is 73.4 Å². The minimum Gasteiger partial charge on any atom is -0.443 e. The Morgan fingerprint density at radius 2 is 1.82 bits per heavy atom. The summed E-state index contributed by atoms with van der Waals surface area (Å²) in [5, 5.41) is 8.65. The predicted octanol–water partition coefficient (Wildman–Crippen LogP) is 6.51. The van der Waals surface area contributed by atoms with E-state index in [2.05, 4.69) is 21.8 Å². The Morgan fingerprint density at radius 3 is 2.45 bits per heavy atom. The van der Waals surface area contributed by atoms with Crippen molar-refractivity contribution in [1.29, 1.82) is 0 Å². The molecule has 1 fully saturated rings. The normalized spacial score (nSPS) is 13.4.